The van der Waals surface area contributed by atoms with Gasteiger partial charge >= 0.3 is 0 Å². The topological polar surface area (TPSA) is 38.1 Å². The number of carbonyl (C=O) groups excluding carboxylic acids is 1. The highest BCUT2D eigenvalue weighted by molar-refractivity contribution is 7.12. The van der Waals surface area contributed by atoms with Crippen LogP contribution in [0.25, 0.3) is 5.00 Å². The molecule has 0 aliphatic carbocycles. The van der Waals surface area contributed by atoms with Crippen molar-refractivity contribution in [3.05, 3.63) is 66.1 Å². The van der Waals surface area contributed by atoms with Crippen LogP contribution < -0.4 is 4.90 Å². The van der Waals surface area contributed by atoms with Crippen LogP contribution in [0.1, 0.15) is 24.5 Å². The monoisotopic (exact) mass is 325 g/mol. The number of anilines is 1. The molecule has 0 saturated carbocycles. The fraction of sp³-hybridized carbons (Fsp3) is 0.222. The summed E-state index contributed by atoms with van der Waals surface area (Å²) in [5.74, 6) is 0.503. The SMILES string of the molecule is CCN(c1ccccc1)[C@@H](C)C(=O)c1nccn1-c1cccs1. The van der Waals surface area contributed by atoms with Crippen LogP contribution in [-0.4, -0.2) is 27.9 Å². The van der Waals surface area contributed by atoms with E-state index >= 15 is 0 Å². The summed E-state index contributed by atoms with van der Waals surface area (Å²) < 4.78 is 1.86. The first-order valence-electron chi connectivity index (χ1n) is 7.65. The summed E-state index contributed by atoms with van der Waals surface area (Å²) >= 11 is 1.59. The molecule has 23 heavy (non-hydrogen) atoms. The van der Waals surface area contributed by atoms with E-state index in [4.69, 9.17) is 0 Å². The Bertz CT molecular complexity index is 765. The Morgan fingerprint density at radius 3 is 2.70 bits per heavy atom. The van der Waals surface area contributed by atoms with Gasteiger partial charge in [0, 0.05) is 24.6 Å². The van der Waals surface area contributed by atoms with Gasteiger partial charge in [-0.25, -0.2) is 4.98 Å². The van der Waals surface area contributed by atoms with Crippen molar-refractivity contribution in [2.24, 2.45) is 0 Å². The molecule has 0 unspecified atom stereocenters. The van der Waals surface area contributed by atoms with Crippen LogP contribution in [0.4, 0.5) is 5.69 Å². The maximum atomic E-state index is 13.0. The molecule has 2 aromatic heterocycles. The fourth-order valence-corrected chi connectivity index (χ4v) is 3.41. The molecule has 0 N–H and O–H groups in total. The molecule has 1 atom stereocenters. The molecule has 118 valence electrons. The van der Waals surface area contributed by atoms with Crippen molar-refractivity contribution in [2.75, 3.05) is 11.4 Å². The second-order valence-corrected chi connectivity index (χ2v) is 6.16. The third-order valence-electron chi connectivity index (χ3n) is 3.88. The number of rotatable bonds is 6. The minimum absolute atomic E-state index is 0.0223. The molecule has 0 radical (unpaired) electrons. The van der Waals surface area contributed by atoms with Crippen LogP contribution in [0, 0.1) is 0 Å². The van der Waals surface area contributed by atoms with E-state index in [0.29, 0.717) is 5.82 Å². The number of thiophene rings is 1. The van der Waals surface area contributed by atoms with Crippen molar-refractivity contribution in [1.82, 2.24) is 9.55 Å². The molecule has 0 spiro atoms. The number of hydrogen-bond donors (Lipinski definition) is 0. The van der Waals surface area contributed by atoms with Crippen molar-refractivity contribution in [2.45, 2.75) is 19.9 Å². The zero-order valence-corrected chi connectivity index (χ0v) is 14.0. The maximum Gasteiger partial charge on any atom is 0.220 e. The fourth-order valence-electron chi connectivity index (χ4n) is 2.70. The van der Waals surface area contributed by atoms with Gasteiger partial charge in [-0.05, 0) is 43.5 Å². The first kappa shape index (κ1) is 15.5. The summed E-state index contributed by atoms with van der Waals surface area (Å²) in [5, 5.41) is 3.00. The molecule has 0 saturated heterocycles. The van der Waals surface area contributed by atoms with Gasteiger partial charge in [0.2, 0.25) is 5.78 Å². The van der Waals surface area contributed by atoms with E-state index in [-0.39, 0.29) is 11.8 Å². The van der Waals surface area contributed by atoms with E-state index in [9.17, 15) is 4.79 Å². The lowest BCUT2D eigenvalue weighted by molar-refractivity contribution is 0.0952. The summed E-state index contributed by atoms with van der Waals surface area (Å²) in [7, 11) is 0. The first-order chi connectivity index (χ1) is 11.2. The molecule has 0 aliphatic heterocycles. The molecule has 0 bridgehead atoms. The summed E-state index contributed by atoms with van der Waals surface area (Å²) in [6.07, 6.45) is 3.52. The van der Waals surface area contributed by atoms with Gasteiger partial charge in [-0.3, -0.25) is 9.36 Å². The molecular weight excluding hydrogens is 306 g/mol. The number of aromatic nitrogens is 2. The molecular formula is C18H19N3OS. The molecule has 1 aromatic carbocycles. The van der Waals surface area contributed by atoms with Crippen molar-refractivity contribution in [3.8, 4) is 5.00 Å². The van der Waals surface area contributed by atoms with Gasteiger partial charge in [0.1, 0.15) is 5.00 Å². The molecule has 0 aliphatic rings. The number of ketones is 1. The number of Topliss-reactive ketones (excluding diaryl/α,β-unsaturated/α-hetero) is 1. The van der Waals surface area contributed by atoms with E-state index < -0.39 is 0 Å². The Morgan fingerprint density at radius 2 is 2.04 bits per heavy atom. The normalized spacial score (nSPS) is 12.1. The highest BCUT2D eigenvalue weighted by Crippen LogP contribution is 2.21. The standard InChI is InChI=1S/C18H19N3OS/c1-3-20(15-8-5-4-6-9-15)14(2)17(22)18-19-11-12-21(18)16-10-7-13-23-16/h4-14H,3H2,1-2H3/t14-/m0/s1. The van der Waals surface area contributed by atoms with E-state index in [0.717, 1.165) is 17.2 Å². The van der Waals surface area contributed by atoms with Crippen LogP contribution in [0.5, 0.6) is 0 Å². The average Bonchev–Trinajstić information content (AvgIpc) is 3.26. The lowest BCUT2D eigenvalue weighted by atomic mass is 10.1. The Hall–Kier alpha value is -2.40. The quantitative estimate of drug-likeness (QED) is 0.642. The zero-order valence-electron chi connectivity index (χ0n) is 13.2. The molecule has 2 heterocycles. The number of likely N-dealkylation sites (N-methyl/N-ethyl adjacent to an activating group) is 1. The second-order valence-electron chi connectivity index (χ2n) is 5.23. The van der Waals surface area contributed by atoms with Crippen molar-refractivity contribution in [3.63, 3.8) is 0 Å². The Kier molecular flexibility index (Phi) is 4.57. The van der Waals surface area contributed by atoms with Gasteiger partial charge in [-0.1, -0.05) is 18.2 Å². The lowest BCUT2D eigenvalue weighted by Crippen LogP contribution is -2.40. The summed E-state index contributed by atoms with van der Waals surface area (Å²) in [4.78, 5) is 19.4. The second kappa shape index (κ2) is 6.79. The van der Waals surface area contributed by atoms with Gasteiger partial charge in [-0.15, -0.1) is 11.3 Å². The molecule has 0 fully saturated rings. The van der Waals surface area contributed by atoms with Gasteiger partial charge < -0.3 is 4.90 Å². The number of hydrogen-bond acceptors (Lipinski definition) is 4. The van der Waals surface area contributed by atoms with Gasteiger partial charge in [0.15, 0.2) is 5.82 Å². The van der Waals surface area contributed by atoms with E-state index in [1.807, 2.05) is 65.5 Å². The molecule has 5 heteroatoms. The van der Waals surface area contributed by atoms with Crippen LogP contribution in [-0.2, 0) is 0 Å². The molecule has 4 nitrogen and oxygen atoms in total. The van der Waals surface area contributed by atoms with E-state index in [1.54, 1.807) is 17.5 Å². The summed E-state index contributed by atoms with van der Waals surface area (Å²) in [6, 6.07) is 13.7. The van der Waals surface area contributed by atoms with Crippen LogP contribution in [0.15, 0.2) is 60.2 Å². The van der Waals surface area contributed by atoms with Gasteiger partial charge in [0.25, 0.3) is 0 Å². The molecule has 0 amide bonds. The van der Waals surface area contributed by atoms with Crippen LogP contribution >= 0.6 is 11.3 Å². The van der Waals surface area contributed by atoms with E-state index in [2.05, 4.69) is 16.8 Å². The molecule has 3 aromatic rings. The average molecular weight is 325 g/mol. The Labute approximate surface area is 140 Å². The van der Waals surface area contributed by atoms with Gasteiger partial charge in [0.05, 0.1) is 6.04 Å². The predicted molar refractivity (Wildman–Crippen MR) is 94.7 cm³/mol. The smallest absolute Gasteiger partial charge is 0.220 e. The van der Waals surface area contributed by atoms with Crippen LogP contribution in [0.3, 0.4) is 0 Å². The zero-order chi connectivity index (χ0) is 16.2. The summed E-state index contributed by atoms with van der Waals surface area (Å²) in [6.45, 7) is 4.76. The van der Waals surface area contributed by atoms with Crippen molar-refractivity contribution in [1.29, 1.82) is 0 Å². The number of imidazole rings is 1. The minimum Gasteiger partial charge on any atom is -0.362 e. The number of para-hydroxylation sites is 1. The third-order valence-corrected chi connectivity index (χ3v) is 4.75. The summed E-state index contributed by atoms with van der Waals surface area (Å²) in [5.41, 5.74) is 1.05. The Morgan fingerprint density at radius 1 is 1.26 bits per heavy atom. The Balaban J connectivity index is 1.90. The van der Waals surface area contributed by atoms with Crippen LogP contribution in [0.2, 0.25) is 0 Å². The highest BCUT2D eigenvalue weighted by Gasteiger charge is 2.25. The predicted octanol–water partition coefficient (Wildman–Crippen LogP) is 4.03. The number of benzene rings is 1. The third kappa shape index (κ3) is 3.05. The van der Waals surface area contributed by atoms with Crippen molar-refractivity contribution < 1.29 is 4.79 Å². The van der Waals surface area contributed by atoms with Crippen molar-refractivity contribution >= 4 is 22.8 Å². The lowest BCUT2D eigenvalue weighted by Gasteiger charge is -2.29. The van der Waals surface area contributed by atoms with E-state index in [1.165, 1.54) is 0 Å². The minimum atomic E-state index is -0.275. The maximum absolute atomic E-state index is 13.0. The highest BCUT2D eigenvalue weighted by atomic mass is 32.1. The number of nitrogens with zero attached hydrogens (tertiary/aromatic N) is 3. The largest absolute Gasteiger partial charge is 0.362 e. The van der Waals surface area contributed by atoms with Gasteiger partial charge in [-0.2, -0.15) is 0 Å². The first-order valence-corrected chi connectivity index (χ1v) is 8.53. The molecule has 3 rings (SSSR count). The number of carbonyl (C=O) groups is 1.